The highest BCUT2D eigenvalue weighted by Gasteiger charge is 2.18. The Morgan fingerprint density at radius 2 is 1.96 bits per heavy atom. The van der Waals surface area contributed by atoms with E-state index in [-0.39, 0.29) is 5.91 Å². The Morgan fingerprint density at radius 3 is 2.76 bits per heavy atom. The molecule has 2 aliphatic heterocycles. The van der Waals surface area contributed by atoms with E-state index in [4.69, 9.17) is 0 Å². The van der Waals surface area contributed by atoms with Crippen molar-refractivity contribution < 1.29 is 4.79 Å². The van der Waals surface area contributed by atoms with Crippen LogP contribution in [-0.2, 0) is 6.42 Å². The first-order valence-electron chi connectivity index (χ1n) is 9.19. The van der Waals surface area contributed by atoms with Gasteiger partial charge in [0.25, 0.3) is 5.91 Å². The molecule has 1 aromatic carbocycles. The first-order valence-corrected chi connectivity index (χ1v) is 9.19. The molecule has 3 heterocycles. The summed E-state index contributed by atoms with van der Waals surface area (Å²) in [6.45, 7) is 3.11. The second kappa shape index (κ2) is 7.13. The van der Waals surface area contributed by atoms with E-state index < -0.39 is 0 Å². The first-order chi connectivity index (χ1) is 12.3. The van der Waals surface area contributed by atoms with Crippen LogP contribution in [0.4, 0.5) is 17.2 Å². The van der Waals surface area contributed by atoms with Crippen LogP contribution in [0.1, 0.15) is 41.6 Å². The summed E-state index contributed by atoms with van der Waals surface area (Å²) in [5.41, 5.74) is 3.69. The SMILES string of the molecule is O=C(Nc1ccc(N2CCCCC2)nc1)c1cccc2c1CCCN2. The van der Waals surface area contributed by atoms with E-state index in [9.17, 15) is 4.79 Å². The van der Waals surface area contributed by atoms with Crippen LogP contribution in [0, 0.1) is 0 Å². The number of fused-ring (bicyclic) bond motifs is 1. The predicted octanol–water partition coefficient (Wildman–Crippen LogP) is 3.68. The maximum Gasteiger partial charge on any atom is 0.256 e. The monoisotopic (exact) mass is 336 g/mol. The summed E-state index contributed by atoms with van der Waals surface area (Å²) in [6, 6.07) is 9.83. The maximum absolute atomic E-state index is 12.7. The molecular formula is C20H24N4O. The molecule has 2 aliphatic rings. The molecule has 5 heteroatoms. The molecule has 5 nitrogen and oxygen atoms in total. The van der Waals surface area contributed by atoms with Crippen LogP contribution in [0.3, 0.4) is 0 Å². The third kappa shape index (κ3) is 3.45. The van der Waals surface area contributed by atoms with Gasteiger partial charge in [0.05, 0.1) is 11.9 Å². The van der Waals surface area contributed by atoms with Crippen LogP contribution >= 0.6 is 0 Å². The lowest BCUT2D eigenvalue weighted by Crippen LogP contribution is -2.30. The number of aromatic nitrogens is 1. The van der Waals surface area contributed by atoms with E-state index in [1.165, 1.54) is 19.3 Å². The Balaban J connectivity index is 1.48. The van der Waals surface area contributed by atoms with Gasteiger partial charge in [0.15, 0.2) is 0 Å². The third-order valence-electron chi connectivity index (χ3n) is 5.03. The molecule has 2 aromatic rings. The zero-order chi connectivity index (χ0) is 17.1. The van der Waals surface area contributed by atoms with Gasteiger partial charge in [-0.3, -0.25) is 4.79 Å². The normalized spacial score (nSPS) is 16.7. The van der Waals surface area contributed by atoms with Crippen molar-refractivity contribution >= 4 is 23.1 Å². The smallest absolute Gasteiger partial charge is 0.256 e. The van der Waals surface area contributed by atoms with Crippen molar-refractivity contribution in [2.45, 2.75) is 32.1 Å². The van der Waals surface area contributed by atoms with Crippen molar-refractivity contribution in [1.29, 1.82) is 0 Å². The number of anilines is 3. The number of nitrogens with one attached hydrogen (secondary N) is 2. The second-order valence-corrected chi connectivity index (χ2v) is 6.77. The average molecular weight is 336 g/mol. The van der Waals surface area contributed by atoms with E-state index in [0.717, 1.165) is 60.8 Å². The molecule has 0 unspecified atom stereocenters. The molecule has 1 saturated heterocycles. The fourth-order valence-electron chi connectivity index (χ4n) is 3.69. The van der Waals surface area contributed by atoms with Crippen LogP contribution in [0.15, 0.2) is 36.5 Å². The molecule has 25 heavy (non-hydrogen) atoms. The second-order valence-electron chi connectivity index (χ2n) is 6.77. The zero-order valence-electron chi connectivity index (χ0n) is 14.4. The van der Waals surface area contributed by atoms with Crippen molar-refractivity contribution in [3.8, 4) is 0 Å². The Kier molecular flexibility index (Phi) is 4.55. The number of benzene rings is 1. The summed E-state index contributed by atoms with van der Waals surface area (Å²) in [5.74, 6) is 0.937. The highest BCUT2D eigenvalue weighted by Crippen LogP contribution is 2.26. The van der Waals surface area contributed by atoms with Gasteiger partial charge in [-0.2, -0.15) is 0 Å². The molecule has 0 aliphatic carbocycles. The van der Waals surface area contributed by atoms with Crippen LogP contribution < -0.4 is 15.5 Å². The molecule has 0 bridgehead atoms. The highest BCUT2D eigenvalue weighted by atomic mass is 16.1. The first kappa shape index (κ1) is 15.9. The highest BCUT2D eigenvalue weighted by molar-refractivity contribution is 6.06. The number of rotatable bonds is 3. The van der Waals surface area contributed by atoms with Gasteiger partial charge in [-0.05, 0) is 61.9 Å². The Bertz CT molecular complexity index is 751. The minimum Gasteiger partial charge on any atom is -0.385 e. The molecule has 4 rings (SSSR count). The number of pyridine rings is 1. The summed E-state index contributed by atoms with van der Waals surface area (Å²) in [5, 5.41) is 6.36. The lowest BCUT2D eigenvalue weighted by Gasteiger charge is -2.27. The summed E-state index contributed by atoms with van der Waals surface area (Å²) in [6.07, 6.45) is 7.53. The van der Waals surface area contributed by atoms with Crippen LogP contribution in [0.2, 0.25) is 0 Å². The number of carbonyl (C=O) groups is 1. The minimum atomic E-state index is -0.0620. The van der Waals surface area contributed by atoms with E-state index in [0.29, 0.717) is 0 Å². The summed E-state index contributed by atoms with van der Waals surface area (Å²) in [7, 11) is 0. The molecule has 1 amide bonds. The van der Waals surface area contributed by atoms with Crippen molar-refractivity contribution in [3.63, 3.8) is 0 Å². The molecular weight excluding hydrogens is 312 g/mol. The fraction of sp³-hybridized carbons (Fsp3) is 0.400. The minimum absolute atomic E-state index is 0.0620. The van der Waals surface area contributed by atoms with Crippen LogP contribution in [-0.4, -0.2) is 30.5 Å². The van der Waals surface area contributed by atoms with Crippen LogP contribution in [0.25, 0.3) is 0 Å². The van der Waals surface area contributed by atoms with E-state index in [1.807, 2.05) is 30.3 Å². The molecule has 1 aromatic heterocycles. The number of amides is 1. The van der Waals surface area contributed by atoms with Gasteiger partial charge in [0.2, 0.25) is 0 Å². The standard InChI is InChI=1S/C20H24N4O/c25-20(17-6-4-8-18-16(17)7-5-11-21-18)23-15-9-10-19(22-14-15)24-12-2-1-3-13-24/h4,6,8-10,14,21H,1-3,5,7,11-13H2,(H,23,25). The Morgan fingerprint density at radius 1 is 1.08 bits per heavy atom. The van der Waals surface area contributed by atoms with E-state index in [1.54, 1.807) is 6.20 Å². The summed E-state index contributed by atoms with van der Waals surface area (Å²) >= 11 is 0. The van der Waals surface area contributed by atoms with Crippen molar-refractivity contribution in [1.82, 2.24) is 4.98 Å². The third-order valence-corrected chi connectivity index (χ3v) is 5.03. The number of hydrogen-bond donors (Lipinski definition) is 2. The van der Waals surface area contributed by atoms with Crippen LogP contribution in [0.5, 0.6) is 0 Å². The summed E-state index contributed by atoms with van der Waals surface area (Å²) in [4.78, 5) is 19.5. The van der Waals surface area contributed by atoms with Crippen molar-refractivity contribution in [2.24, 2.45) is 0 Å². The van der Waals surface area contributed by atoms with Gasteiger partial charge in [0, 0.05) is 30.9 Å². The fourth-order valence-corrected chi connectivity index (χ4v) is 3.69. The van der Waals surface area contributed by atoms with Gasteiger partial charge in [-0.15, -0.1) is 0 Å². The molecule has 2 N–H and O–H groups in total. The molecule has 0 spiro atoms. The van der Waals surface area contributed by atoms with Gasteiger partial charge in [-0.1, -0.05) is 6.07 Å². The van der Waals surface area contributed by atoms with Gasteiger partial charge >= 0.3 is 0 Å². The lowest BCUT2D eigenvalue weighted by atomic mass is 9.97. The van der Waals surface area contributed by atoms with Gasteiger partial charge in [0.1, 0.15) is 5.82 Å². The molecule has 0 atom stereocenters. The van der Waals surface area contributed by atoms with E-state index in [2.05, 4.69) is 20.5 Å². The summed E-state index contributed by atoms with van der Waals surface area (Å²) < 4.78 is 0. The van der Waals surface area contributed by atoms with Crippen molar-refractivity contribution in [3.05, 3.63) is 47.7 Å². The Labute approximate surface area is 148 Å². The zero-order valence-corrected chi connectivity index (χ0v) is 14.4. The quantitative estimate of drug-likeness (QED) is 0.898. The molecule has 1 fully saturated rings. The predicted molar refractivity (Wildman–Crippen MR) is 102 cm³/mol. The molecule has 0 saturated carbocycles. The largest absolute Gasteiger partial charge is 0.385 e. The van der Waals surface area contributed by atoms with Crippen molar-refractivity contribution in [2.75, 3.05) is 35.2 Å². The maximum atomic E-state index is 12.7. The molecule has 130 valence electrons. The lowest BCUT2D eigenvalue weighted by molar-refractivity contribution is 0.102. The number of piperidine rings is 1. The van der Waals surface area contributed by atoms with Gasteiger partial charge in [-0.25, -0.2) is 4.98 Å². The van der Waals surface area contributed by atoms with E-state index >= 15 is 0 Å². The topological polar surface area (TPSA) is 57.3 Å². The molecule has 0 radical (unpaired) electrons. The number of carbonyl (C=O) groups excluding carboxylic acids is 1. The Hall–Kier alpha value is -2.56. The average Bonchev–Trinajstić information content (AvgIpc) is 2.69. The number of hydrogen-bond acceptors (Lipinski definition) is 4. The number of nitrogens with zero attached hydrogens (tertiary/aromatic N) is 2. The van der Waals surface area contributed by atoms with Gasteiger partial charge < -0.3 is 15.5 Å².